The van der Waals surface area contributed by atoms with Gasteiger partial charge in [0.15, 0.2) is 0 Å². The largest absolute Gasteiger partial charge is 0.122 e. The summed E-state index contributed by atoms with van der Waals surface area (Å²) in [6, 6.07) is 42.3. The Kier molecular flexibility index (Phi) is 7.66. The van der Waals surface area contributed by atoms with Crippen LogP contribution in [0.1, 0.15) is 5.56 Å². The zero-order valence-electron chi connectivity index (χ0n) is 15.1. The van der Waals surface area contributed by atoms with Gasteiger partial charge >= 0.3 is 0 Å². The predicted octanol–water partition coefficient (Wildman–Crippen LogP) is 5.87. The number of hydrogen-bond acceptors (Lipinski definition) is 0. The van der Waals surface area contributed by atoms with Crippen LogP contribution in [-0.2, 0) is 5.88 Å². The molecule has 0 unspecified atom stereocenters. The van der Waals surface area contributed by atoms with Gasteiger partial charge in [0, 0.05) is 5.88 Å². The molecular weight excluding hydrogens is 367 g/mol. The molecule has 0 aliphatic rings. The molecule has 4 rings (SSSR count). The van der Waals surface area contributed by atoms with E-state index >= 15 is 0 Å². The van der Waals surface area contributed by atoms with E-state index in [2.05, 4.69) is 91.0 Å². The molecule has 0 radical (unpaired) electrons. The lowest BCUT2D eigenvalue weighted by atomic mass is 10.2. The summed E-state index contributed by atoms with van der Waals surface area (Å²) in [7, 11) is -0.446. The number of rotatable bonds is 4. The van der Waals surface area contributed by atoms with E-state index in [4.69, 9.17) is 11.6 Å². The Bertz CT molecular complexity index is 800. The Morgan fingerprint density at radius 2 is 0.741 bits per heavy atom. The Hall–Kier alpha value is -2.40. The summed E-state index contributed by atoms with van der Waals surface area (Å²) >= 11 is 5.53. The first-order valence-corrected chi connectivity index (χ1v) is 10.8. The van der Waals surface area contributed by atoms with Crippen molar-refractivity contribution < 1.29 is 0 Å². The Morgan fingerprint density at radius 1 is 0.444 bits per heavy atom. The fraction of sp³-hybridized carbons (Fsp3) is 0.0400. The van der Waals surface area contributed by atoms with Gasteiger partial charge in [-0.3, -0.25) is 0 Å². The molecule has 0 aliphatic carbocycles. The summed E-state index contributed by atoms with van der Waals surface area (Å²) in [6.45, 7) is 0. The SMILES string of the molecule is ClCc1ccccc1.c1ccc(P(c2ccccc2)c2ccccc2)cc1. The number of benzene rings is 4. The maximum absolute atomic E-state index is 5.53. The van der Waals surface area contributed by atoms with Crippen LogP contribution in [0.25, 0.3) is 0 Å². The molecule has 0 fully saturated rings. The first-order chi connectivity index (χ1) is 13.4. The van der Waals surface area contributed by atoms with Crippen LogP contribution in [0.15, 0.2) is 121 Å². The van der Waals surface area contributed by atoms with E-state index < -0.39 is 7.92 Å². The molecule has 0 bridgehead atoms. The Labute approximate surface area is 168 Å². The van der Waals surface area contributed by atoms with Crippen LogP contribution in [0.2, 0.25) is 0 Å². The van der Waals surface area contributed by atoms with Crippen LogP contribution >= 0.6 is 19.5 Å². The highest BCUT2D eigenvalue weighted by atomic mass is 35.5. The summed E-state index contributed by atoms with van der Waals surface area (Å²) in [4.78, 5) is 0. The van der Waals surface area contributed by atoms with Crippen molar-refractivity contribution in [2.45, 2.75) is 5.88 Å². The van der Waals surface area contributed by atoms with Crippen LogP contribution in [0.5, 0.6) is 0 Å². The van der Waals surface area contributed by atoms with E-state index in [0.29, 0.717) is 5.88 Å². The molecule has 0 saturated heterocycles. The van der Waals surface area contributed by atoms with Crippen molar-refractivity contribution in [3.8, 4) is 0 Å². The third-order valence-electron chi connectivity index (χ3n) is 4.04. The number of alkyl halides is 1. The molecule has 0 heterocycles. The van der Waals surface area contributed by atoms with E-state index in [9.17, 15) is 0 Å². The van der Waals surface area contributed by atoms with Gasteiger partial charge in [0.25, 0.3) is 0 Å². The smallest absolute Gasteiger partial charge is 0.0474 e. The number of hydrogen-bond donors (Lipinski definition) is 0. The average Bonchev–Trinajstić information content (AvgIpc) is 2.77. The highest BCUT2D eigenvalue weighted by molar-refractivity contribution is 7.79. The second kappa shape index (κ2) is 10.7. The van der Waals surface area contributed by atoms with Gasteiger partial charge in [-0.05, 0) is 29.4 Å². The van der Waals surface area contributed by atoms with Crippen molar-refractivity contribution in [1.29, 1.82) is 0 Å². The first kappa shape index (κ1) is 19.4. The normalized spacial score (nSPS) is 10.1. The molecule has 0 spiro atoms. The topological polar surface area (TPSA) is 0 Å². The first-order valence-electron chi connectivity index (χ1n) is 8.93. The van der Waals surface area contributed by atoms with Crippen LogP contribution < -0.4 is 15.9 Å². The van der Waals surface area contributed by atoms with Crippen molar-refractivity contribution in [3.63, 3.8) is 0 Å². The van der Waals surface area contributed by atoms with Crippen molar-refractivity contribution >= 4 is 35.4 Å². The minimum absolute atomic E-state index is 0.446. The highest BCUT2D eigenvalue weighted by Crippen LogP contribution is 2.32. The monoisotopic (exact) mass is 388 g/mol. The van der Waals surface area contributed by atoms with Crippen LogP contribution in [0.4, 0.5) is 0 Å². The average molecular weight is 389 g/mol. The van der Waals surface area contributed by atoms with Gasteiger partial charge in [0.2, 0.25) is 0 Å². The van der Waals surface area contributed by atoms with Gasteiger partial charge in [0.05, 0.1) is 0 Å². The molecule has 0 atom stereocenters. The van der Waals surface area contributed by atoms with Crippen LogP contribution in [0, 0.1) is 0 Å². The predicted molar refractivity (Wildman–Crippen MR) is 121 cm³/mol. The van der Waals surface area contributed by atoms with E-state index in [1.165, 1.54) is 21.5 Å². The molecule has 0 amide bonds. The molecule has 0 nitrogen and oxygen atoms in total. The molecule has 2 heteroatoms. The summed E-state index contributed by atoms with van der Waals surface area (Å²) in [5.41, 5.74) is 1.18. The van der Waals surface area contributed by atoms with Gasteiger partial charge in [0.1, 0.15) is 0 Å². The minimum atomic E-state index is -0.446. The lowest BCUT2D eigenvalue weighted by Gasteiger charge is -2.18. The molecule has 4 aromatic carbocycles. The molecule has 0 aromatic heterocycles. The van der Waals surface area contributed by atoms with Crippen molar-refractivity contribution in [2.24, 2.45) is 0 Å². The lowest BCUT2D eigenvalue weighted by molar-refractivity contribution is 1.41. The third kappa shape index (κ3) is 5.79. The molecule has 134 valence electrons. The van der Waals surface area contributed by atoms with Gasteiger partial charge < -0.3 is 0 Å². The molecule has 27 heavy (non-hydrogen) atoms. The quantitative estimate of drug-likeness (QED) is 0.303. The van der Waals surface area contributed by atoms with E-state index in [-0.39, 0.29) is 0 Å². The zero-order chi connectivity index (χ0) is 18.7. The highest BCUT2D eigenvalue weighted by Gasteiger charge is 2.14. The molecule has 4 aromatic rings. The van der Waals surface area contributed by atoms with Crippen molar-refractivity contribution in [3.05, 3.63) is 127 Å². The second-order valence-corrected chi connectivity index (χ2v) is 8.45. The molecule has 0 saturated carbocycles. The summed E-state index contributed by atoms with van der Waals surface area (Å²) < 4.78 is 0. The fourth-order valence-electron chi connectivity index (χ4n) is 2.75. The number of halogens is 1. The summed E-state index contributed by atoms with van der Waals surface area (Å²) in [5.74, 6) is 0.612. The third-order valence-corrected chi connectivity index (χ3v) is 6.79. The van der Waals surface area contributed by atoms with E-state index in [0.717, 1.165) is 0 Å². The Morgan fingerprint density at radius 3 is 1.00 bits per heavy atom. The van der Waals surface area contributed by atoms with Crippen LogP contribution in [-0.4, -0.2) is 0 Å². The van der Waals surface area contributed by atoms with E-state index in [1.807, 2.05) is 30.3 Å². The Balaban J connectivity index is 0.000000221. The van der Waals surface area contributed by atoms with Gasteiger partial charge in [-0.1, -0.05) is 121 Å². The summed E-state index contributed by atoms with van der Waals surface area (Å²) in [5, 5.41) is 4.19. The second-order valence-electron chi connectivity index (χ2n) is 5.96. The fourth-order valence-corrected chi connectivity index (χ4v) is 5.23. The zero-order valence-corrected chi connectivity index (χ0v) is 16.7. The molecule has 0 N–H and O–H groups in total. The van der Waals surface area contributed by atoms with Gasteiger partial charge in [-0.15, -0.1) is 11.6 Å². The summed E-state index contributed by atoms with van der Waals surface area (Å²) in [6.07, 6.45) is 0. The van der Waals surface area contributed by atoms with Crippen molar-refractivity contribution in [1.82, 2.24) is 0 Å². The van der Waals surface area contributed by atoms with Crippen molar-refractivity contribution in [2.75, 3.05) is 0 Å². The maximum Gasteiger partial charge on any atom is 0.0474 e. The molecular formula is C25H22ClP. The van der Waals surface area contributed by atoms with Crippen LogP contribution in [0.3, 0.4) is 0 Å². The molecule has 0 aliphatic heterocycles. The van der Waals surface area contributed by atoms with Gasteiger partial charge in [-0.25, -0.2) is 0 Å². The standard InChI is InChI=1S/C18H15P.C7H7Cl/c1-4-10-16(11-5-1)19(17-12-6-2-7-13-17)18-14-8-3-9-15-18;8-6-7-4-2-1-3-5-7/h1-15H;1-5H,6H2. The minimum Gasteiger partial charge on any atom is -0.122 e. The van der Waals surface area contributed by atoms with Gasteiger partial charge in [-0.2, -0.15) is 0 Å². The van der Waals surface area contributed by atoms with E-state index in [1.54, 1.807) is 0 Å². The maximum atomic E-state index is 5.53. The lowest BCUT2D eigenvalue weighted by Crippen LogP contribution is -2.20.